The first-order valence-corrected chi connectivity index (χ1v) is 6.56. The Balaban J connectivity index is 2.04. The van der Waals surface area contributed by atoms with E-state index in [1.807, 2.05) is 7.11 Å². The largest absolute Gasteiger partial charge is 0.376 e. The van der Waals surface area contributed by atoms with Crippen LogP contribution in [-0.2, 0) is 24.0 Å². The van der Waals surface area contributed by atoms with Crippen molar-refractivity contribution in [2.24, 2.45) is 0 Å². The van der Waals surface area contributed by atoms with Crippen LogP contribution in [0.4, 0.5) is 0 Å². The van der Waals surface area contributed by atoms with Gasteiger partial charge in [0, 0.05) is 13.5 Å². The van der Waals surface area contributed by atoms with Crippen molar-refractivity contribution in [3.8, 4) is 0 Å². The van der Waals surface area contributed by atoms with E-state index in [2.05, 4.69) is 48.5 Å². The smallest absolute Gasteiger partial charge is 0.0864 e. The third kappa shape index (κ3) is 2.06. The molecule has 1 aliphatic rings. The molecule has 92 valence electrons. The predicted molar refractivity (Wildman–Crippen MR) is 73.7 cm³/mol. The van der Waals surface area contributed by atoms with E-state index in [1.54, 1.807) is 0 Å². The minimum Gasteiger partial charge on any atom is -0.376 e. The number of ether oxygens (including phenoxy) is 1. The Morgan fingerprint density at radius 2 is 1.44 bits per heavy atom. The molecular formula is C17H18O. The molecule has 0 radical (unpaired) electrons. The molecule has 1 atom stereocenters. The van der Waals surface area contributed by atoms with Gasteiger partial charge in [0.05, 0.1) is 6.10 Å². The van der Waals surface area contributed by atoms with E-state index in [0.29, 0.717) is 0 Å². The normalized spacial score (nSPS) is 18.4. The first-order chi connectivity index (χ1) is 8.88. The number of hydrogen-bond acceptors (Lipinski definition) is 1. The van der Waals surface area contributed by atoms with Crippen LogP contribution in [0.2, 0.25) is 0 Å². The minimum absolute atomic E-state index is 0.183. The van der Waals surface area contributed by atoms with Gasteiger partial charge in [-0.15, -0.1) is 0 Å². The maximum atomic E-state index is 5.71. The van der Waals surface area contributed by atoms with Crippen LogP contribution in [0.5, 0.6) is 0 Å². The van der Waals surface area contributed by atoms with Gasteiger partial charge < -0.3 is 4.74 Å². The minimum atomic E-state index is 0.183. The standard InChI is InChI=1S/C17H18O/c1-18-17-12-15-8-3-2-6-13(15)10-11-14-7-4-5-9-16(14)17/h2-9,17H,10-12H2,1H3. The summed E-state index contributed by atoms with van der Waals surface area (Å²) in [4.78, 5) is 0. The van der Waals surface area contributed by atoms with Gasteiger partial charge in [-0.3, -0.25) is 0 Å². The van der Waals surface area contributed by atoms with Gasteiger partial charge in [-0.2, -0.15) is 0 Å². The summed E-state index contributed by atoms with van der Waals surface area (Å²) in [5.41, 5.74) is 5.68. The quantitative estimate of drug-likeness (QED) is 0.736. The Hall–Kier alpha value is -1.60. The lowest BCUT2D eigenvalue weighted by Gasteiger charge is -2.23. The van der Waals surface area contributed by atoms with Gasteiger partial charge >= 0.3 is 0 Å². The van der Waals surface area contributed by atoms with Gasteiger partial charge in [0.1, 0.15) is 0 Å². The molecule has 2 aromatic rings. The molecule has 0 spiro atoms. The molecule has 2 aromatic carbocycles. The molecule has 3 rings (SSSR count). The molecule has 0 aromatic heterocycles. The molecule has 0 fully saturated rings. The van der Waals surface area contributed by atoms with E-state index in [4.69, 9.17) is 4.74 Å². The van der Waals surface area contributed by atoms with Crippen LogP contribution in [0.3, 0.4) is 0 Å². The molecule has 0 amide bonds. The monoisotopic (exact) mass is 238 g/mol. The highest BCUT2D eigenvalue weighted by atomic mass is 16.5. The number of fused-ring (bicyclic) bond motifs is 2. The summed E-state index contributed by atoms with van der Waals surface area (Å²) in [5.74, 6) is 0. The van der Waals surface area contributed by atoms with Crippen molar-refractivity contribution >= 4 is 0 Å². The second-order valence-corrected chi connectivity index (χ2v) is 4.90. The summed E-state index contributed by atoms with van der Waals surface area (Å²) in [5, 5.41) is 0. The Morgan fingerprint density at radius 1 is 0.833 bits per heavy atom. The summed E-state index contributed by atoms with van der Waals surface area (Å²) in [6.45, 7) is 0. The molecule has 0 bridgehead atoms. The van der Waals surface area contributed by atoms with Crippen LogP contribution in [0.1, 0.15) is 28.4 Å². The lowest BCUT2D eigenvalue weighted by molar-refractivity contribution is 0.102. The summed E-state index contributed by atoms with van der Waals surface area (Å²) in [6, 6.07) is 17.4. The van der Waals surface area contributed by atoms with Gasteiger partial charge in [0.25, 0.3) is 0 Å². The van der Waals surface area contributed by atoms with E-state index in [0.717, 1.165) is 19.3 Å². The van der Waals surface area contributed by atoms with E-state index in [1.165, 1.54) is 22.3 Å². The van der Waals surface area contributed by atoms with Gasteiger partial charge in [-0.25, -0.2) is 0 Å². The van der Waals surface area contributed by atoms with Crippen molar-refractivity contribution in [3.63, 3.8) is 0 Å². The first-order valence-electron chi connectivity index (χ1n) is 6.56. The number of benzene rings is 2. The van der Waals surface area contributed by atoms with Gasteiger partial charge in [-0.05, 0) is 35.1 Å². The Morgan fingerprint density at radius 3 is 2.22 bits per heavy atom. The van der Waals surface area contributed by atoms with Crippen LogP contribution >= 0.6 is 0 Å². The predicted octanol–water partition coefficient (Wildman–Crippen LogP) is 3.72. The SMILES string of the molecule is COC1Cc2ccccc2CCc2ccccc21. The van der Waals surface area contributed by atoms with Crippen LogP contribution in [0, 0.1) is 0 Å². The van der Waals surface area contributed by atoms with Crippen LogP contribution in [0.15, 0.2) is 48.5 Å². The Labute approximate surface area is 108 Å². The van der Waals surface area contributed by atoms with Crippen molar-refractivity contribution in [1.82, 2.24) is 0 Å². The van der Waals surface area contributed by atoms with Gasteiger partial charge in [0.2, 0.25) is 0 Å². The second-order valence-electron chi connectivity index (χ2n) is 4.90. The zero-order chi connectivity index (χ0) is 12.4. The zero-order valence-electron chi connectivity index (χ0n) is 10.7. The topological polar surface area (TPSA) is 9.23 Å². The zero-order valence-corrected chi connectivity index (χ0v) is 10.7. The molecule has 18 heavy (non-hydrogen) atoms. The lowest BCUT2D eigenvalue weighted by atomic mass is 9.87. The van der Waals surface area contributed by atoms with E-state index < -0.39 is 0 Å². The van der Waals surface area contributed by atoms with E-state index in [-0.39, 0.29) is 6.10 Å². The van der Waals surface area contributed by atoms with Gasteiger partial charge in [0.15, 0.2) is 0 Å². The van der Waals surface area contributed by atoms with Crippen molar-refractivity contribution in [3.05, 3.63) is 70.8 Å². The van der Waals surface area contributed by atoms with Crippen molar-refractivity contribution in [2.45, 2.75) is 25.4 Å². The third-order valence-electron chi connectivity index (χ3n) is 3.87. The molecule has 0 heterocycles. The summed E-state index contributed by atoms with van der Waals surface area (Å²) in [7, 11) is 1.81. The molecule has 0 saturated carbocycles. The van der Waals surface area contributed by atoms with Crippen LogP contribution in [-0.4, -0.2) is 7.11 Å². The summed E-state index contributed by atoms with van der Waals surface area (Å²) in [6.07, 6.45) is 3.39. The first kappa shape index (κ1) is 11.5. The second kappa shape index (κ2) is 4.95. The fourth-order valence-corrected chi connectivity index (χ4v) is 2.87. The molecule has 0 saturated heterocycles. The van der Waals surface area contributed by atoms with Crippen molar-refractivity contribution in [2.75, 3.05) is 7.11 Å². The average Bonchev–Trinajstić information content (AvgIpc) is 2.41. The molecule has 1 nitrogen and oxygen atoms in total. The van der Waals surface area contributed by atoms with Crippen molar-refractivity contribution < 1.29 is 4.74 Å². The van der Waals surface area contributed by atoms with Crippen LogP contribution in [0.25, 0.3) is 0 Å². The molecule has 0 aliphatic heterocycles. The van der Waals surface area contributed by atoms with Crippen LogP contribution < -0.4 is 0 Å². The highest BCUT2D eigenvalue weighted by Gasteiger charge is 2.19. The number of hydrogen-bond donors (Lipinski definition) is 0. The van der Waals surface area contributed by atoms with E-state index >= 15 is 0 Å². The Bertz CT molecular complexity index is 545. The maximum absolute atomic E-state index is 5.71. The fraction of sp³-hybridized carbons (Fsp3) is 0.294. The maximum Gasteiger partial charge on any atom is 0.0864 e. The van der Waals surface area contributed by atoms with E-state index in [9.17, 15) is 0 Å². The summed E-state index contributed by atoms with van der Waals surface area (Å²) >= 11 is 0. The fourth-order valence-electron chi connectivity index (χ4n) is 2.87. The average molecular weight is 238 g/mol. The van der Waals surface area contributed by atoms with Gasteiger partial charge in [-0.1, -0.05) is 48.5 Å². The number of aryl methyl sites for hydroxylation is 2. The molecular weight excluding hydrogens is 220 g/mol. The highest BCUT2D eigenvalue weighted by molar-refractivity contribution is 5.37. The third-order valence-corrected chi connectivity index (χ3v) is 3.87. The molecule has 0 N–H and O–H groups in total. The lowest BCUT2D eigenvalue weighted by Crippen LogP contribution is -2.13. The molecule has 1 aliphatic carbocycles. The number of rotatable bonds is 1. The van der Waals surface area contributed by atoms with Crippen molar-refractivity contribution in [1.29, 1.82) is 0 Å². The molecule has 1 heteroatoms. The Kier molecular flexibility index (Phi) is 3.16. The number of methoxy groups -OCH3 is 1. The summed E-state index contributed by atoms with van der Waals surface area (Å²) < 4.78 is 5.71. The highest BCUT2D eigenvalue weighted by Crippen LogP contribution is 2.30. The molecule has 1 unspecified atom stereocenters.